The van der Waals surface area contributed by atoms with Crippen molar-refractivity contribution in [3.8, 4) is 22.6 Å². The summed E-state index contributed by atoms with van der Waals surface area (Å²) in [6, 6.07) is 11.8. The third kappa shape index (κ3) is 4.45. The molecule has 0 bridgehead atoms. The zero-order valence-corrected chi connectivity index (χ0v) is 17.5. The molecule has 0 aliphatic heterocycles. The minimum atomic E-state index is -0.110. The molecule has 5 heteroatoms. The number of nitrogens with one attached hydrogen (secondary N) is 1. The average molecular weight is 393 g/mol. The number of carbonyl (C=O) groups excluding carboxylic acids is 1. The number of benzene rings is 2. The van der Waals surface area contributed by atoms with Gasteiger partial charge in [0.25, 0.3) is 0 Å². The summed E-state index contributed by atoms with van der Waals surface area (Å²) in [5.41, 5.74) is 4.41. The Morgan fingerprint density at radius 1 is 1.17 bits per heavy atom. The number of ether oxygens (including phenoxy) is 2. The lowest BCUT2D eigenvalue weighted by molar-refractivity contribution is -0.117. The van der Waals surface area contributed by atoms with E-state index in [1.54, 1.807) is 26.6 Å². The van der Waals surface area contributed by atoms with Crippen LogP contribution in [0.3, 0.4) is 0 Å². The Hall–Kier alpha value is -3.21. The second kappa shape index (κ2) is 8.86. The van der Waals surface area contributed by atoms with Crippen molar-refractivity contribution in [2.75, 3.05) is 14.2 Å². The Balaban J connectivity index is 2.03. The SMILES string of the molecule is CCC(C)NC(=O)/C=C(\C)c1cc2c(-c3ccc(OC)cc3)coc2cc1OC. The minimum absolute atomic E-state index is 0.110. The van der Waals surface area contributed by atoms with E-state index in [0.29, 0.717) is 5.75 Å². The fourth-order valence-electron chi connectivity index (χ4n) is 3.19. The van der Waals surface area contributed by atoms with Crippen LogP contribution in [0, 0.1) is 0 Å². The fourth-order valence-corrected chi connectivity index (χ4v) is 3.19. The van der Waals surface area contributed by atoms with Crippen LogP contribution in [-0.2, 0) is 4.79 Å². The highest BCUT2D eigenvalue weighted by atomic mass is 16.5. The van der Waals surface area contributed by atoms with E-state index in [1.165, 1.54) is 0 Å². The fraction of sp³-hybridized carbons (Fsp3) is 0.292. The van der Waals surface area contributed by atoms with Crippen LogP contribution >= 0.6 is 0 Å². The minimum Gasteiger partial charge on any atom is -0.497 e. The summed E-state index contributed by atoms with van der Waals surface area (Å²) in [5.74, 6) is 1.36. The summed E-state index contributed by atoms with van der Waals surface area (Å²) in [6.45, 7) is 5.94. The zero-order chi connectivity index (χ0) is 21.0. The lowest BCUT2D eigenvalue weighted by Gasteiger charge is -2.12. The topological polar surface area (TPSA) is 60.7 Å². The lowest BCUT2D eigenvalue weighted by Crippen LogP contribution is -2.30. The summed E-state index contributed by atoms with van der Waals surface area (Å²) in [4.78, 5) is 12.3. The first-order chi connectivity index (χ1) is 14.0. The van der Waals surface area contributed by atoms with Crippen LogP contribution in [0.15, 0.2) is 53.2 Å². The molecule has 152 valence electrons. The number of rotatable bonds is 7. The predicted molar refractivity (Wildman–Crippen MR) is 116 cm³/mol. The zero-order valence-electron chi connectivity index (χ0n) is 17.5. The van der Waals surface area contributed by atoms with Gasteiger partial charge >= 0.3 is 0 Å². The normalized spacial score (nSPS) is 12.7. The predicted octanol–water partition coefficient (Wildman–Crippen LogP) is 5.44. The van der Waals surface area contributed by atoms with Gasteiger partial charge in [0.15, 0.2) is 0 Å². The van der Waals surface area contributed by atoms with Gasteiger partial charge in [-0.2, -0.15) is 0 Å². The van der Waals surface area contributed by atoms with Gasteiger partial charge in [-0.15, -0.1) is 0 Å². The number of fused-ring (bicyclic) bond motifs is 1. The second-order valence-corrected chi connectivity index (χ2v) is 7.07. The van der Waals surface area contributed by atoms with E-state index in [-0.39, 0.29) is 11.9 Å². The van der Waals surface area contributed by atoms with Crippen molar-refractivity contribution in [3.05, 3.63) is 54.3 Å². The van der Waals surface area contributed by atoms with Crippen LogP contribution in [0.4, 0.5) is 0 Å². The van der Waals surface area contributed by atoms with Crippen molar-refractivity contribution in [3.63, 3.8) is 0 Å². The van der Waals surface area contributed by atoms with Crippen LogP contribution in [0.2, 0.25) is 0 Å². The van der Waals surface area contributed by atoms with E-state index >= 15 is 0 Å². The number of furan rings is 1. The Morgan fingerprint density at radius 2 is 1.90 bits per heavy atom. The molecule has 1 amide bonds. The van der Waals surface area contributed by atoms with Gasteiger partial charge in [-0.1, -0.05) is 19.1 Å². The van der Waals surface area contributed by atoms with E-state index < -0.39 is 0 Å². The molecule has 5 nitrogen and oxygen atoms in total. The highest BCUT2D eigenvalue weighted by molar-refractivity contribution is 6.00. The maximum absolute atomic E-state index is 12.3. The number of allylic oxidation sites excluding steroid dienone is 1. The molecule has 1 N–H and O–H groups in total. The molecule has 1 heterocycles. The van der Waals surface area contributed by atoms with Gasteiger partial charge in [0.1, 0.15) is 17.1 Å². The van der Waals surface area contributed by atoms with E-state index in [9.17, 15) is 4.79 Å². The Morgan fingerprint density at radius 3 is 2.52 bits per heavy atom. The van der Waals surface area contributed by atoms with Crippen molar-refractivity contribution >= 4 is 22.4 Å². The molecule has 2 aromatic carbocycles. The Bertz CT molecular complexity index is 1030. The van der Waals surface area contributed by atoms with Crippen molar-refractivity contribution in [1.29, 1.82) is 0 Å². The van der Waals surface area contributed by atoms with Crippen LogP contribution in [0.25, 0.3) is 27.7 Å². The lowest BCUT2D eigenvalue weighted by atomic mass is 9.99. The van der Waals surface area contributed by atoms with Crippen molar-refractivity contribution < 1.29 is 18.7 Å². The molecule has 0 aliphatic rings. The van der Waals surface area contributed by atoms with Crippen molar-refractivity contribution in [2.24, 2.45) is 0 Å². The molecular formula is C24H27NO4. The molecule has 0 aliphatic carbocycles. The van der Waals surface area contributed by atoms with Gasteiger partial charge < -0.3 is 19.2 Å². The summed E-state index contributed by atoms with van der Waals surface area (Å²) in [6.07, 6.45) is 4.24. The Labute approximate surface area is 171 Å². The molecular weight excluding hydrogens is 366 g/mol. The summed E-state index contributed by atoms with van der Waals surface area (Å²) in [5, 5.41) is 3.92. The molecule has 29 heavy (non-hydrogen) atoms. The first kappa shape index (κ1) is 20.5. The van der Waals surface area contributed by atoms with E-state index in [1.807, 2.05) is 57.2 Å². The van der Waals surface area contributed by atoms with Gasteiger partial charge in [-0.25, -0.2) is 0 Å². The molecule has 0 radical (unpaired) electrons. The average Bonchev–Trinajstić information content (AvgIpc) is 3.15. The standard InChI is InChI=1S/C24H27NO4/c1-6-16(3)25-24(26)11-15(2)19-12-20-21(14-29-23(20)13-22(19)28-5)17-7-9-18(27-4)10-8-17/h7-14,16H,6H2,1-5H3,(H,25,26)/b15-11+. The third-order valence-corrected chi connectivity index (χ3v) is 5.07. The molecule has 0 fully saturated rings. The van der Waals surface area contributed by atoms with Gasteiger partial charge in [-0.05, 0) is 49.6 Å². The van der Waals surface area contributed by atoms with Gasteiger partial charge in [0, 0.05) is 34.7 Å². The van der Waals surface area contributed by atoms with Crippen LogP contribution < -0.4 is 14.8 Å². The molecule has 1 aromatic heterocycles. The molecule has 3 rings (SSSR count). The Kier molecular flexibility index (Phi) is 6.27. The van der Waals surface area contributed by atoms with Gasteiger partial charge in [0.05, 0.1) is 20.5 Å². The molecule has 0 saturated heterocycles. The first-order valence-electron chi connectivity index (χ1n) is 9.69. The molecule has 3 aromatic rings. The highest BCUT2D eigenvalue weighted by Gasteiger charge is 2.15. The van der Waals surface area contributed by atoms with Gasteiger partial charge in [0.2, 0.25) is 5.91 Å². The summed E-state index contributed by atoms with van der Waals surface area (Å²) >= 11 is 0. The number of hydrogen-bond donors (Lipinski definition) is 1. The maximum atomic E-state index is 12.3. The monoisotopic (exact) mass is 393 g/mol. The summed E-state index contributed by atoms with van der Waals surface area (Å²) < 4.78 is 16.6. The van der Waals surface area contributed by atoms with Crippen LogP contribution in [-0.4, -0.2) is 26.2 Å². The number of hydrogen-bond acceptors (Lipinski definition) is 4. The molecule has 1 atom stereocenters. The quantitative estimate of drug-likeness (QED) is 0.543. The van der Waals surface area contributed by atoms with Crippen LogP contribution in [0.5, 0.6) is 11.5 Å². The maximum Gasteiger partial charge on any atom is 0.244 e. The highest BCUT2D eigenvalue weighted by Crippen LogP contribution is 2.37. The number of carbonyl (C=O) groups is 1. The number of amides is 1. The van der Waals surface area contributed by atoms with E-state index in [0.717, 1.165) is 45.4 Å². The number of methoxy groups -OCH3 is 2. The smallest absolute Gasteiger partial charge is 0.244 e. The van der Waals surface area contributed by atoms with Gasteiger partial charge in [-0.3, -0.25) is 4.79 Å². The van der Waals surface area contributed by atoms with Crippen molar-refractivity contribution in [1.82, 2.24) is 5.32 Å². The van der Waals surface area contributed by atoms with E-state index in [4.69, 9.17) is 13.9 Å². The molecule has 0 saturated carbocycles. The second-order valence-electron chi connectivity index (χ2n) is 7.07. The molecule has 0 spiro atoms. The largest absolute Gasteiger partial charge is 0.497 e. The van der Waals surface area contributed by atoms with Crippen molar-refractivity contribution in [2.45, 2.75) is 33.2 Å². The summed E-state index contributed by atoms with van der Waals surface area (Å²) in [7, 11) is 3.26. The third-order valence-electron chi connectivity index (χ3n) is 5.07. The first-order valence-corrected chi connectivity index (χ1v) is 9.69. The van der Waals surface area contributed by atoms with E-state index in [2.05, 4.69) is 5.32 Å². The van der Waals surface area contributed by atoms with Crippen LogP contribution in [0.1, 0.15) is 32.8 Å². The molecule has 1 unspecified atom stereocenters.